The highest BCUT2D eigenvalue weighted by molar-refractivity contribution is 9.10. The van der Waals surface area contributed by atoms with Crippen molar-refractivity contribution in [3.63, 3.8) is 0 Å². The molecule has 0 aliphatic heterocycles. The van der Waals surface area contributed by atoms with E-state index in [0.717, 1.165) is 10.0 Å². The first-order valence-electron chi connectivity index (χ1n) is 6.24. The van der Waals surface area contributed by atoms with Crippen LogP contribution in [0.3, 0.4) is 0 Å². The Labute approximate surface area is 122 Å². The summed E-state index contributed by atoms with van der Waals surface area (Å²) in [6.45, 7) is 6.10. The molecule has 0 saturated carbocycles. The number of nitrogens with one attached hydrogen (secondary N) is 2. The first kappa shape index (κ1) is 15.7. The number of benzene rings is 1. The fourth-order valence-electron chi connectivity index (χ4n) is 1.58. The van der Waals surface area contributed by atoms with Crippen LogP contribution in [-0.2, 0) is 4.79 Å². The molecule has 1 rings (SSSR count). The van der Waals surface area contributed by atoms with Crippen molar-refractivity contribution in [2.75, 3.05) is 6.54 Å². The van der Waals surface area contributed by atoms with Crippen molar-refractivity contribution in [2.24, 2.45) is 0 Å². The molecule has 1 aromatic carbocycles. The number of halogens is 1. The highest BCUT2D eigenvalue weighted by atomic mass is 79.9. The van der Waals surface area contributed by atoms with Crippen molar-refractivity contribution >= 4 is 27.7 Å². The van der Waals surface area contributed by atoms with Crippen molar-refractivity contribution in [1.82, 2.24) is 10.6 Å². The van der Waals surface area contributed by atoms with Gasteiger partial charge in [-0.15, -0.1) is 0 Å². The van der Waals surface area contributed by atoms with E-state index in [9.17, 15) is 9.59 Å². The zero-order valence-corrected chi connectivity index (χ0v) is 13.0. The van der Waals surface area contributed by atoms with Crippen molar-refractivity contribution in [3.05, 3.63) is 33.8 Å². The lowest BCUT2D eigenvalue weighted by atomic mass is 10.1. The summed E-state index contributed by atoms with van der Waals surface area (Å²) >= 11 is 3.36. The van der Waals surface area contributed by atoms with E-state index in [4.69, 9.17) is 0 Å². The van der Waals surface area contributed by atoms with Gasteiger partial charge in [-0.3, -0.25) is 9.59 Å². The Morgan fingerprint density at radius 2 is 2.00 bits per heavy atom. The van der Waals surface area contributed by atoms with Gasteiger partial charge in [0.2, 0.25) is 5.91 Å². The van der Waals surface area contributed by atoms with Gasteiger partial charge in [0.15, 0.2) is 0 Å². The van der Waals surface area contributed by atoms with Gasteiger partial charge in [-0.25, -0.2) is 0 Å². The van der Waals surface area contributed by atoms with Crippen LogP contribution < -0.4 is 10.6 Å². The van der Waals surface area contributed by atoms with E-state index < -0.39 is 0 Å². The molecule has 0 unspecified atom stereocenters. The fourth-order valence-corrected chi connectivity index (χ4v) is 2.26. The number of carbonyl (C=O) groups is 2. The Bertz CT molecular complexity index is 473. The van der Waals surface area contributed by atoms with Crippen molar-refractivity contribution < 1.29 is 9.59 Å². The molecule has 0 atom stereocenters. The minimum atomic E-state index is -0.177. The van der Waals surface area contributed by atoms with Crippen molar-refractivity contribution in [3.8, 4) is 0 Å². The molecule has 0 aliphatic rings. The van der Waals surface area contributed by atoms with Gasteiger partial charge in [-0.05, 0) is 54.4 Å². The zero-order chi connectivity index (χ0) is 14.4. The summed E-state index contributed by atoms with van der Waals surface area (Å²) in [5, 5.41) is 5.51. The summed E-state index contributed by atoms with van der Waals surface area (Å²) in [6.07, 6.45) is 0.285. The lowest BCUT2D eigenvalue weighted by Crippen LogP contribution is -2.34. The molecule has 0 spiro atoms. The quantitative estimate of drug-likeness (QED) is 0.872. The van der Waals surface area contributed by atoms with Crippen molar-refractivity contribution in [2.45, 2.75) is 33.2 Å². The Balaban J connectivity index is 2.45. The van der Waals surface area contributed by atoms with E-state index in [2.05, 4.69) is 26.6 Å². The maximum Gasteiger partial charge on any atom is 0.252 e. The summed E-state index contributed by atoms with van der Waals surface area (Å²) in [5.41, 5.74) is 1.66. The summed E-state index contributed by atoms with van der Waals surface area (Å²) in [4.78, 5) is 23.3. The van der Waals surface area contributed by atoms with E-state index in [-0.39, 0.29) is 24.3 Å². The number of hydrogen-bond donors (Lipinski definition) is 2. The molecular weight excluding hydrogens is 308 g/mol. The third kappa shape index (κ3) is 5.42. The predicted octanol–water partition coefficient (Wildman–Crippen LogP) is 2.40. The molecule has 0 radical (unpaired) electrons. The van der Waals surface area contributed by atoms with Crippen LogP contribution in [0.15, 0.2) is 22.7 Å². The van der Waals surface area contributed by atoms with E-state index in [0.29, 0.717) is 12.1 Å². The SMILES string of the molecule is Cc1ccc(C(=O)NCCC(=O)NC(C)C)c(Br)c1. The number of rotatable bonds is 5. The highest BCUT2D eigenvalue weighted by Crippen LogP contribution is 2.18. The largest absolute Gasteiger partial charge is 0.354 e. The third-order valence-corrected chi connectivity index (χ3v) is 3.11. The van der Waals surface area contributed by atoms with Crippen LogP contribution in [-0.4, -0.2) is 24.4 Å². The van der Waals surface area contributed by atoms with Crippen LogP contribution in [0, 0.1) is 6.92 Å². The normalized spacial score (nSPS) is 10.4. The predicted molar refractivity (Wildman–Crippen MR) is 79.1 cm³/mol. The molecule has 2 N–H and O–H groups in total. The van der Waals surface area contributed by atoms with Gasteiger partial charge in [-0.1, -0.05) is 6.07 Å². The average Bonchev–Trinajstić information content (AvgIpc) is 2.27. The maximum atomic E-state index is 11.9. The van der Waals surface area contributed by atoms with Gasteiger partial charge in [-0.2, -0.15) is 0 Å². The number of hydrogen-bond acceptors (Lipinski definition) is 2. The Morgan fingerprint density at radius 1 is 1.32 bits per heavy atom. The lowest BCUT2D eigenvalue weighted by Gasteiger charge is -2.09. The second-order valence-electron chi connectivity index (χ2n) is 4.71. The fraction of sp³-hybridized carbons (Fsp3) is 0.429. The second-order valence-corrected chi connectivity index (χ2v) is 5.57. The molecule has 19 heavy (non-hydrogen) atoms. The molecule has 0 bridgehead atoms. The third-order valence-electron chi connectivity index (χ3n) is 2.46. The average molecular weight is 327 g/mol. The Kier molecular flexibility index (Phi) is 6.02. The van der Waals surface area contributed by atoms with Gasteiger partial charge < -0.3 is 10.6 Å². The number of amides is 2. The number of carbonyl (C=O) groups excluding carboxylic acids is 2. The summed E-state index contributed by atoms with van der Waals surface area (Å²) in [7, 11) is 0. The summed E-state index contributed by atoms with van der Waals surface area (Å²) in [5.74, 6) is -0.234. The van der Waals surface area contributed by atoms with Crippen LogP contribution in [0.2, 0.25) is 0 Å². The van der Waals surface area contributed by atoms with E-state index >= 15 is 0 Å². The molecular formula is C14H19BrN2O2. The van der Waals surface area contributed by atoms with Gasteiger partial charge in [0, 0.05) is 23.5 Å². The van der Waals surface area contributed by atoms with Gasteiger partial charge >= 0.3 is 0 Å². The standard InChI is InChI=1S/C14H19BrN2O2/c1-9(2)17-13(18)6-7-16-14(19)11-5-4-10(3)8-12(11)15/h4-5,8-9H,6-7H2,1-3H3,(H,16,19)(H,17,18). The molecule has 0 aromatic heterocycles. The first-order chi connectivity index (χ1) is 8.90. The highest BCUT2D eigenvalue weighted by Gasteiger charge is 2.10. The molecule has 0 saturated heterocycles. The van der Waals surface area contributed by atoms with Crippen LogP contribution >= 0.6 is 15.9 Å². The van der Waals surface area contributed by atoms with Gasteiger partial charge in [0.25, 0.3) is 5.91 Å². The molecule has 4 nitrogen and oxygen atoms in total. The number of aryl methyl sites for hydroxylation is 1. The topological polar surface area (TPSA) is 58.2 Å². The summed E-state index contributed by atoms with van der Waals surface area (Å²) < 4.78 is 0.761. The molecule has 2 amide bonds. The maximum absolute atomic E-state index is 11.9. The van der Waals surface area contributed by atoms with Gasteiger partial charge in [0.05, 0.1) is 5.56 Å². The smallest absolute Gasteiger partial charge is 0.252 e. The Hall–Kier alpha value is -1.36. The van der Waals surface area contributed by atoms with Crippen LogP contribution in [0.5, 0.6) is 0 Å². The second kappa shape index (κ2) is 7.28. The monoisotopic (exact) mass is 326 g/mol. The van der Waals surface area contributed by atoms with Crippen LogP contribution in [0.4, 0.5) is 0 Å². The van der Waals surface area contributed by atoms with E-state index in [1.807, 2.05) is 32.9 Å². The Morgan fingerprint density at radius 3 is 2.58 bits per heavy atom. The van der Waals surface area contributed by atoms with E-state index in [1.165, 1.54) is 0 Å². The van der Waals surface area contributed by atoms with Crippen LogP contribution in [0.25, 0.3) is 0 Å². The first-order valence-corrected chi connectivity index (χ1v) is 7.03. The molecule has 0 fully saturated rings. The molecule has 104 valence electrons. The van der Waals surface area contributed by atoms with Crippen molar-refractivity contribution in [1.29, 1.82) is 0 Å². The molecule has 0 aliphatic carbocycles. The minimum absolute atomic E-state index is 0.0572. The minimum Gasteiger partial charge on any atom is -0.354 e. The van der Waals surface area contributed by atoms with Crippen LogP contribution in [0.1, 0.15) is 36.2 Å². The molecule has 1 aromatic rings. The van der Waals surface area contributed by atoms with Gasteiger partial charge in [0.1, 0.15) is 0 Å². The zero-order valence-electron chi connectivity index (χ0n) is 11.4. The molecule has 0 heterocycles. The van der Waals surface area contributed by atoms with E-state index in [1.54, 1.807) is 6.07 Å². The molecule has 5 heteroatoms. The lowest BCUT2D eigenvalue weighted by molar-refractivity contribution is -0.121. The summed E-state index contributed by atoms with van der Waals surface area (Å²) in [6, 6.07) is 5.66.